The number of hydrogen-bond donors (Lipinski definition) is 0. The Labute approximate surface area is 204 Å². The zero-order valence-corrected chi connectivity index (χ0v) is 21.7. The van der Waals surface area contributed by atoms with Crippen molar-refractivity contribution in [2.75, 3.05) is 5.88 Å². The van der Waals surface area contributed by atoms with Crippen LogP contribution in [0.25, 0.3) is 0 Å². The number of halogens is 1. The molecule has 2 rings (SSSR count). The van der Waals surface area contributed by atoms with Crippen molar-refractivity contribution >= 4 is 41.3 Å². The van der Waals surface area contributed by atoms with Crippen molar-refractivity contribution in [1.29, 1.82) is 0 Å². The lowest BCUT2D eigenvalue weighted by molar-refractivity contribution is -0.235. The summed E-state index contributed by atoms with van der Waals surface area (Å²) in [5.41, 5.74) is -2.35. The third-order valence-corrected chi connectivity index (χ3v) is 6.18. The van der Waals surface area contributed by atoms with Gasteiger partial charge in [-0.1, -0.05) is 30.0 Å². The van der Waals surface area contributed by atoms with Crippen LogP contribution in [-0.2, 0) is 33.3 Å². The Bertz CT molecular complexity index is 831. The molecule has 0 aliphatic carbocycles. The van der Waals surface area contributed by atoms with Gasteiger partial charge in [0.25, 0.3) is 0 Å². The van der Waals surface area contributed by atoms with Gasteiger partial charge in [0.2, 0.25) is 0 Å². The summed E-state index contributed by atoms with van der Waals surface area (Å²) in [6, 6.07) is 9.45. The van der Waals surface area contributed by atoms with Gasteiger partial charge in [0.05, 0.1) is 16.9 Å². The first-order valence-corrected chi connectivity index (χ1v) is 12.2. The topological polar surface area (TPSA) is 88.1 Å². The lowest BCUT2D eigenvalue weighted by Gasteiger charge is -2.44. The van der Waals surface area contributed by atoms with Crippen molar-refractivity contribution in [3.8, 4) is 0 Å². The van der Waals surface area contributed by atoms with Crippen molar-refractivity contribution in [2.45, 2.75) is 83.2 Å². The minimum Gasteiger partial charge on any atom is -0.455 e. The summed E-state index contributed by atoms with van der Waals surface area (Å²) < 4.78 is 23.4. The zero-order chi connectivity index (χ0) is 25.0. The fourth-order valence-electron chi connectivity index (χ4n) is 2.91. The fraction of sp³-hybridized carbons (Fsp3) is 0.625. The van der Waals surface area contributed by atoms with E-state index in [1.807, 2.05) is 30.3 Å². The average Bonchev–Trinajstić information content (AvgIpc) is 2.72. The van der Waals surface area contributed by atoms with Crippen LogP contribution in [0, 0.1) is 10.8 Å². The number of thioether (sulfide) groups is 1. The highest BCUT2D eigenvalue weighted by molar-refractivity contribution is 7.99. The molecule has 7 nitrogen and oxygen atoms in total. The lowest BCUT2D eigenvalue weighted by Crippen LogP contribution is -2.60. The summed E-state index contributed by atoms with van der Waals surface area (Å²) in [5.74, 6) is -2.08. The molecule has 1 aliphatic heterocycles. The molecule has 1 heterocycles. The first-order valence-electron chi connectivity index (χ1n) is 10.8. The number of carbonyl (C=O) groups is 3. The third-order valence-electron chi connectivity index (χ3n) is 4.81. The van der Waals surface area contributed by atoms with Crippen molar-refractivity contribution < 1.29 is 33.3 Å². The molecule has 0 amide bonds. The van der Waals surface area contributed by atoms with Gasteiger partial charge in [-0.05, 0) is 60.6 Å². The molecule has 1 aromatic carbocycles. The maximum Gasteiger partial charge on any atom is 0.321 e. The second kappa shape index (κ2) is 11.1. The molecule has 0 spiro atoms. The summed E-state index contributed by atoms with van der Waals surface area (Å²) in [5, 5.41) is 0. The maximum absolute atomic E-state index is 12.9. The average molecular weight is 501 g/mol. The van der Waals surface area contributed by atoms with Gasteiger partial charge in [0, 0.05) is 4.90 Å². The Hall–Kier alpha value is -1.77. The molecule has 0 bridgehead atoms. The van der Waals surface area contributed by atoms with E-state index >= 15 is 0 Å². The van der Waals surface area contributed by atoms with Crippen molar-refractivity contribution in [3.05, 3.63) is 30.3 Å². The van der Waals surface area contributed by atoms with Crippen molar-refractivity contribution in [2.24, 2.45) is 10.8 Å². The number of rotatable bonds is 6. The van der Waals surface area contributed by atoms with Gasteiger partial charge in [-0.3, -0.25) is 14.4 Å². The van der Waals surface area contributed by atoms with Crippen LogP contribution < -0.4 is 0 Å². The molecule has 1 saturated heterocycles. The number of ether oxygens (including phenoxy) is 4. The molecule has 9 heteroatoms. The van der Waals surface area contributed by atoms with Gasteiger partial charge < -0.3 is 18.9 Å². The van der Waals surface area contributed by atoms with Gasteiger partial charge in [-0.25, -0.2) is 0 Å². The van der Waals surface area contributed by atoms with E-state index in [-0.39, 0.29) is 5.88 Å². The number of alkyl halides is 1. The first kappa shape index (κ1) is 27.5. The monoisotopic (exact) mass is 500 g/mol. The summed E-state index contributed by atoms with van der Waals surface area (Å²) >= 11 is 6.99. The molecule has 33 heavy (non-hydrogen) atoms. The molecule has 0 aromatic heterocycles. The van der Waals surface area contributed by atoms with Crippen LogP contribution in [0.4, 0.5) is 0 Å². The lowest BCUT2D eigenvalue weighted by atomic mass is 9.94. The van der Waals surface area contributed by atoms with E-state index < -0.39 is 58.6 Å². The number of esters is 3. The molecule has 1 aliphatic rings. The Morgan fingerprint density at radius 1 is 0.879 bits per heavy atom. The molecule has 0 saturated carbocycles. The molecule has 5 atom stereocenters. The highest BCUT2D eigenvalue weighted by Gasteiger charge is 2.52. The summed E-state index contributed by atoms with van der Waals surface area (Å²) in [6.07, 6.45) is -3.77. The SMILES string of the molecule is C[C@H]1O[C@@H](Sc2ccccc2)[C@H](OC(=O)C(C)(C)C)[C@@H](OC(=O)C(C)(C)C)[C@H]1OC(=O)CCl. The molecule has 184 valence electrons. The summed E-state index contributed by atoms with van der Waals surface area (Å²) in [4.78, 5) is 38.7. The predicted octanol–water partition coefficient (Wildman–Crippen LogP) is 4.59. The molecular formula is C24H33ClO7S. The van der Waals surface area contributed by atoms with Crippen LogP contribution in [0.1, 0.15) is 48.5 Å². The second-order valence-electron chi connectivity index (χ2n) is 9.97. The summed E-state index contributed by atoms with van der Waals surface area (Å²) in [7, 11) is 0. The van der Waals surface area contributed by atoms with Crippen LogP contribution in [0.3, 0.4) is 0 Å². The highest BCUT2D eigenvalue weighted by Crippen LogP contribution is 2.38. The Balaban J connectivity index is 2.48. The molecule has 1 aromatic rings. The van der Waals surface area contributed by atoms with Crippen LogP contribution in [0.15, 0.2) is 35.2 Å². The van der Waals surface area contributed by atoms with E-state index in [2.05, 4.69) is 0 Å². The standard InChI is InChI=1S/C24H33ClO7S/c1-14-17(30-16(26)13-25)18(31-21(27)23(2,3)4)19(32-22(28)24(5,6)7)20(29-14)33-15-11-9-8-10-12-15/h8-12,14,17-20H,13H2,1-7H3/t14-,17+,18+,19-,20+/m1/s1. The molecule has 0 unspecified atom stereocenters. The Kier molecular flexibility index (Phi) is 9.24. The minimum atomic E-state index is -1.08. The molecule has 0 N–H and O–H groups in total. The smallest absolute Gasteiger partial charge is 0.321 e. The van der Waals surface area contributed by atoms with Gasteiger partial charge in [0.1, 0.15) is 11.3 Å². The van der Waals surface area contributed by atoms with E-state index in [9.17, 15) is 14.4 Å². The van der Waals surface area contributed by atoms with E-state index in [1.54, 1.807) is 48.5 Å². The number of benzene rings is 1. The van der Waals surface area contributed by atoms with E-state index in [4.69, 9.17) is 30.5 Å². The summed E-state index contributed by atoms with van der Waals surface area (Å²) in [6.45, 7) is 12.0. The third kappa shape index (κ3) is 7.62. The number of carbonyl (C=O) groups excluding carboxylic acids is 3. The molecular weight excluding hydrogens is 468 g/mol. The van der Waals surface area contributed by atoms with Crippen LogP contribution in [0.2, 0.25) is 0 Å². The second-order valence-corrected chi connectivity index (χ2v) is 11.4. The largest absolute Gasteiger partial charge is 0.455 e. The van der Waals surface area contributed by atoms with Crippen molar-refractivity contribution in [1.82, 2.24) is 0 Å². The van der Waals surface area contributed by atoms with Gasteiger partial charge in [-0.15, -0.1) is 11.6 Å². The highest BCUT2D eigenvalue weighted by atomic mass is 35.5. The van der Waals surface area contributed by atoms with Crippen molar-refractivity contribution in [3.63, 3.8) is 0 Å². The normalized spacial score (nSPS) is 25.8. The minimum absolute atomic E-state index is 0.377. The Morgan fingerprint density at radius 3 is 1.88 bits per heavy atom. The van der Waals surface area contributed by atoms with E-state index in [0.29, 0.717) is 0 Å². The van der Waals surface area contributed by atoms with Crippen LogP contribution in [0.5, 0.6) is 0 Å². The predicted molar refractivity (Wildman–Crippen MR) is 126 cm³/mol. The van der Waals surface area contributed by atoms with E-state index in [0.717, 1.165) is 4.90 Å². The first-order chi connectivity index (χ1) is 15.2. The Morgan fingerprint density at radius 2 is 1.39 bits per heavy atom. The quantitative estimate of drug-likeness (QED) is 0.318. The van der Waals surface area contributed by atoms with Gasteiger partial charge in [0.15, 0.2) is 18.3 Å². The van der Waals surface area contributed by atoms with Crippen LogP contribution >= 0.6 is 23.4 Å². The fourth-order valence-corrected chi connectivity index (χ4v) is 4.13. The van der Waals surface area contributed by atoms with Gasteiger partial charge >= 0.3 is 17.9 Å². The number of hydrogen-bond acceptors (Lipinski definition) is 8. The van der Waals surface area contributed by atoms with Crippen LogP contribution in [-0.4, -0.2) is 53.6 Å². The molecule has 1 fully saturated rings. The van der Waals surface area contributed by atoms with E-state index in [1.165, 1.54) is 11.8 Å². The zero-order valence-electron chi connectivity index (χ0n) is 20.1. The molecule has 0 radical (unpaired) electrons. The maximum atomic E-state index is 12.9. The van der Waals surface area contributed by atoms with Gasteiger partial charge in [-0.2, -0.15) is 0 Å².